The third-order valence-electron chi connectivity index (χ3n) is 12.9. The molecule has 0 aromatic rings. The molecule has 0 N–H and O–H groups in total. The van der Waals surface area contributed by atoms with Crippen LogP contribution >= 0.6 is 0 Å². The Morgan fingerprint density at radius 2 is 0.481 bits per heavy atom. The molecule has 0 aromatic carbocycles. The van der Waals surface area contributed by atoms with E-state index in [1.165, 1.54) is 57.8 Å². The maximum atomic E-state index is 12.8. The molecule has 0 spiro atoms. The summed E-state index contributed by atoms with van der Waals surface area (Å²) in [7, 11) is 0. The molecule has 0 aliphatic heterocycles. The van der Waals surface area contributed by atoms with Gasteiger partial charge in [-0.15, -0.1) is 0 Å². The number of esters is 3. The molecule has 0 bridgehead atoms. The van der Waals surface area contributed by atoms with Gasteiger partial charge in [0, 0.05) is 12.8 Å². The number of unbranched alkanes of at least 4 members (excludes halogenated alkanes) is 16. The molecule has 0 aliphatic rings. The van der Waals surface area contributed by atoms with Crippen LogP contribution in [0.3, 0.4) is 0 Å². The first-order chi connectivity index (χ1) is 40.0. The zero-order chi connectivity index (χ0) is 58.5. The smallest absolute Gasteiger partial charge is 0.310 e. The fourth-order valence-corrected chi connectivity index (χ4v) is 8.22. The maximum absolute atomic E-state index is 12.8. The highest BCUT2D eigenvalue weighted by Crippen LogP contribution is 2.14. The van der Waals surface area contributed by atoms with Gasteiger partial charge in [0.25, 0.3) is 0 Å². The van der Waals surface area contributed by atoms with E-state index in [1.54, 1.807) is 6.08 Å². The second-order valence-corrected chi connectivity index (χ2v) is 20.5. The lowest BCUT2D eigenvalue weighted by molar-refractivity contribution is -0.166. The number of hydrogen-bond donors (Lipinski definition) is 0. The Bertz CT molecular complexity index is 1900. The third kappa shape index (κ3) is 65.2. The van der Waals surface area contributed by atoms with Gasteiger partial charge in [0.2, 0.25) is 0 Å². The van der Waals surface area contributed by atoms with Crippen LogP contribution < -0.4 is 0 Å². The van der Waals surface area contributed by atoms with Crippen LogP contribution in [0.4, 0.5) is 0 Å². The predicted octanol–water partition coefficient (Wildman–Crippen LogP) is 22.4. The van der Waals surface area contributed by atoms with Gasteiger partial charge in [0.1, 0.15) is 13.2 Å². The highest BCUT2D eigenvalue weighted by atomic mass is 16.6. The van der Waals surface area contributed by atoms with Crippen LogP contribution in [0, 0.1) is 0 Å². The van der Waals surface area contributed by atoms with Gasteiger partial charge in [-0.2, -0.15) is 0 Å². The molecule has 0 aromatic heterocycles. The molecule has 452 valence electrons. The summed E-state index contributed by atoms with van der Waals surface area (Å²) in [5.41, 5.74) is 0. The van der Waals surface area contributed by atoms with Crippen molar-refractivity contribution in [2.24, 2.45) is 0 Å². The van der Waals surface area contributed by atoms with E-state index in [0.29, 0.717) is 19.3 Å². The van der Waals surface area contributed by atoms with Crippen LogP contribution in [-0.4, -0.2) is 37.2 Å². The van der Waals surface area contributed by atoms with Gasteiger partial charge in [-0.05, 0) is 135 Å². The van der Waals surface area contributed by atoms with Gasteiger partial charge in [0.15, 0.2) is 6.10 Å². The first-order valence-electron chi connectivity index (χ1n) is 32.3. The molecule has 0 amide bonds. The first kappa shape index (κ1) is 75.5. The molecular weight excluding hydrogens is 997 g/mol. The lowest BCUT2D eigenvalue weighted by atomic mass is 10.0. The van der Waals surface area contributed by atoms with Gasteiger partial charge < -0.3 is 14.2 Å². The highest BCUT2D eigenvalue weighted by molar-refractivity contribution is 5.72. The minimum Gasteiger partial charge on any atom is -0.462 e. The van der Waals surface area contributed by atoms with E-state index in [4.69, 9.17) is 14.2 Å². The van der Waals surface area contributed by atoms with E-state index in [0.717, 1.165) is 148 Å². The molecule has 0 aliphatic carbocycles. The van der Waals surface area contributed by atoms with E-state index >= 15 is 0 Å². The Labute approximate surface area is 497 Å². The molecular formula is C75H116O6. The molecule has 0 saturated heterocycles. The number of carbonyl (C=O) groups excluding carboxylic acids is 3. The first-order valence-corrected chi connectivity index (χ1v) is 32.3. The molecule has 81 heavy (non-hydrogen) atoms. The Hall–Kier alpha value is -5.49. The second-order valence-electron chi connectivity index (χ2n) is 20.5. The summed E-state index contributed by atoms with van der Waals surface area (Å²) >= 11 is 0. The van der Waals surface area contributed by atoms with Crippen molar-refractivity contribution in [3.8, 4) is 0 Å². The van der Waals surface area contributed by atoms with E-state index < -0.39 is 12.1 Å². The summed E-state index contributed by atoms with van der Waals surface area (Å²) in [6, 6.07) is 0. The zero-order valence-corrected chi connectivity index (χ0v) is 51.7. The SMILES string of the molecule is CC/C=C\C/C=C\C/C=C\C/C=C\C/C=C\C/C=C\C/C=C\CCCCCCCCCCCCCC(=O)OCC(COC(=O)CCCCCCC/C=C\C/C=C\C/C=C\CC)OC(=O)C/C=C\C/C=C\C/C=C\C/C=C\C/C=C\CC. The van der Waals surface area contributed by atoms with Crippen LogP contribution in [0.2, 0.25) is 0 Å². The van der Waals surface area contributed by atoms with E-state index in [1.807, 2.05) is 6.08 Å². The second kappa shape index (κ2) is 67.0. The average molecular weight is 1110 g/mol. The van der Waals surface area contributed by atoms with E-state index in [-0.39, 0.29) is 31.6 Å². The number of rotatable bonds is 56. The molecule has 0 heterocycles. The summed E-state index contributed by atoms with van der Waals surface area (Å²) in [6.45, 7) is 6.19. The van der Waals surface area contributed by atoms with Crippen molar-refractivity contribution in [3.05, 3.63) is 182 Å². The van der Waals surface area contributed by atoms with Gasteiger partial charge in [0.05, 0.1) is 6.42 Å². The predicted molar refractivity (Wildman–Crippen MR) is 352 cm³/mol. The van der Waals surface area contributed by atoms with Crippen LogP contribution in [-0.2, 0) is 28.6 Å². The molecule has 6 nitrogen and oxygen atoms in total. The molecule has 0 fully saturated rings. The summed E-state index contributed by atoms with van der Waals surface area (Å²) in [5, 5.41) is 0. The molecule has 0 saturated carbocycles. The molecule has 0 rings (SSSR count). The fourth-order valence-electron chi connectivity index (χ4n) is 8.22. The van der Waals surface area contributed by atoms with Gasteiger partial charge in [-0.1, -0.05) is 280 Å². The van der Waals surface area contributed by atoms with Crippen LogP contribution in [0.15, 0.2) is 182 Å². The average Bonchev–Trinajstić information content (AvgIpc) is 3.47. The number of hydrogen-bond acceptors (Lipinski definition) is 6. The highest BCUT2D eigenvalue weighted by Gasteiger charge is 2.19. The quantitative estimate of drug-likeness (QED) is 0.0261. The molecule has 1 atom stereocenters. The summed E-state index contributed by atoms with van der Waals surface area (Å²) in [4.78, 5) is 38.2. The Kier molecular flexibility index (Phi) is 62.5. The number of ether oxygens (including phenoxy) is 3. The maximum Gasteiger partial charge on any atom is 0.310 e. The van der Waals surface area contributed by atoms with Crippen molar-refractivity contribution in [2.75, 3.05) is 13.2 Å². The van der Waals surface area contributed by atoms with Crippen molar-refractivity contribution >= 4 is 17.9 Å². The summed E-state index contributed by atoms with van der Waals surface area (Å²) < 4.78 is 16.8. The molecule has 6 heteroatoms. The van der Waals surface area contributed by atoms with Gasteiger partial charge in [-0.3, -0.25) is 14.4 Å². The summed E-state index contributed by atoms with van der Waals surface area (Å²) in [5.74, 6) is -1.09. The normalized spacial score (nSPS) is 13.4. The number of carbonyl (C=O) groups is 3. The minimum atomic E-state index is -0.851. The Morgan fingerprint density at radius 3 is 0.753 bits per heavy atom. The van der Waals surface area contributed by atoms with Crippen LogP contribution in [0.1, 0.15) is 252 Å². The molecule has 1 unspecified atom stereocenters. The lowest BCUT2D eigenvalue weighted by Crippen LogP contribution is -2.30. The van der Waals surface area contributed by atoms with Gasteiger partial charge >= 0.3 is 17.9 Å². The van der Waals surface area contributed by atoms with Crippen molar-refractivity contribution in [1.29, 1.82) is 0 Å². The zero-order valence-electron chi connectivity index (χ0n) is 51.7. The number of allylic oxidation sites excluding steroid dienone is 29. The van der Waals surface area contributed by atoms with Crippen molar-refractivity contribution in [3.63, 3.8) is 0 Å². The van der Waals surface area contributed by atoms with Crippen molar-refractivity contribution < 1.29 is 28.6 Å². The monoisotopic (exact) mass is 1110 g/mol. The summed E-state index contributed by atoms with van der Waals surface area (Å²) in [6.07, 6.45) is 101. The largest absolute Gasteiger partial charge is 0.462 e. The standard InChI is InChI=1S/C75H116O6/c1-4-7-10-13-16-19-22-25-28-29-30-31-32-33-34-35-36-37-38-39-40-41-42-43-44-45-48-50-53-56-59-62-65-68-74(77)80-71-72(81-75(78)69-66-63-60-57-54-51-47-27-24-21-18-15-12-9-6-3)70-79-73(76)67-64-61-58-55-52-49-46-26-23-20-17-14-11-8-5-2/h7-12,16-21,25-28,30-31,33-34,36-37,39-40,46-47,54,57,63,66,72H,4-6,13-15,22-24,29,32,35,38,41-45,48-53,55-56,58-62,64-65,67-71H2,1-3H3/b10-7-,11-8-,12-9-,19-16-,20-17-,21-18-,28-25-,31-30-,34-33-,37-36-,40-39-,46-26-,47-27-,57-54-,66-63-. The van der Waals surface area contributed by atoms with Crippen molar-refractivity contribution in [2.45, 2.75) is 258 Å². The Morgan fingerprint density at radius 1 is 0.259 bits per heavy atom. The van der Waals surface area contributed by atoms with Crippen molar-refractivity contribution in [1.82, 2.24) is 0 Å². The van der Waals surface area contributed by atoms with Crippen LogP contribution in [0.5, 0.6) is 0 Å². The van der Waals surface area contributed by atoms with E-state index in [9.17, 15) is 14.4 Å². The molecule has 0 radical (unpaired) electrons. The topological polar surface area (TPSA) is 78.9 Å². The van der Waals surface area contributed by atoms with Crippen LogP contribution in [0.25, 0.3) is 0 Å². The minimum absolute atomic E-state index is 0.0842. The van der Waals surface area contributed by atoms with Gasteiger partial charge in [-0.25, -0.2) is 0 Å². The Balaban J connectivity index is 4.35. The lowest BCUT2D eigenvalue weighted by Gasteiger charge is -2.18. The third-order valence-corrected chi connectivity index (χ3v) is 12.9. The van der Waals surface area contributed by atoms with E-state index in [2.05, 4.69) is 191 Å². The fraction of sp³-hybridized carbons (Fsp3) is 0.560.